The fraction of sp³-hybridized carbons (Fsp3) is 0.143. The van der Waals surface area contributed by atoms with E-state index in [1.165, 1.54) is 0 Å². The van der Waals surface area contributed by atoms with Gasteiger partial charge in [0.05, 0.1) is 5.69 Å². The lowest BCUT2D eigenvalue weighted by molar-refractivity contribution is -0.0399. The van der Waals surface area contributed by atoms with E-state index in [9.17, 15) is 5.11 Å². The highest BCUT2D eigenvalue weighted by atomic mass is 32.1. The first-order chi connectivity index (χ1) is 8.75. The number of hydrogen-bond acceptors (Lipinski definition) is 4. The lowest BCUT2D eigenvalue weighted by Gasteiger charge is -2.33. The van der Waals surface area contributed by atoms with Crippen LogP contribution in [-0.2, 0) is 4.74 Å². The second-order valence-electron chi connectivity index (χ2n) is 4.10. The van der Waals surface area contributed by atoms with Gasteiger partial charge in [-0.05, 0) is 29.7 Å². The van der Waals surface area contributed by atoms with Gasteiger partial charge in [-0.3, -0.25) is 0 Å². The Labute approximate surface area is 110 Å². The molecule has 2 aromatic rings. The molecule has 3 rings (SSSR count). The van der Waals surface area contributed by atoms with Crippen LogP contribution in [0.4, 0.5) is 5.69 Å². The monoisotopic (exact) mass is 259 g/mol. The van der Waals surface area contributed by atoms with Gasteiger partial charge in [-0.1, -0.05) is 18.2 Å². The summed E-state index contributed by atoms with van der Waals surface area (Å²) >= 11 is 1.64. The van der Waals surface area contributed by atoms with Crippen molar-refractivity contribution in [3.63, 3.8) is 0 Å². The van der Waals surface area contributed by atoms with Gasteiger partial charge in [-0.2, -0.15) is 0 Å². The number of benzene rings is 1. The Bertz CT molecular complexity index is 577. The van der Waals surface area contributed by atoms with Crippen molar-refractivity contribution in [2.45, 2.75) is 6.41 Å². The molecule has 4 heteroatoms. The van der Waals surface area contributed by atoms with E-state index >= 15 is 0 Å². The summed E-state index contributed by atoms with van der Waals surface area (Å²) in [5.41, 5.74) is 1.97. The van der Waals surface area contributed by atoms with E-state index in [1.807, 2.05) is 54.9 Å². The molecule has 1 aromatic heterocycles. The van der Waals surface area contributed by atoms with Gasteiger partial charge in [0.15, 0.2) is 0 Å². The molecule has 92 valence electrons. The zero-order chi connectivity index (χ0) is 12.5. The molecule has 1 aliphatic rings. The molecule has 0 radical (unpaired) electrons. The highest BCUT2D eigenvalue weighted by molar-refractivity contribution is 7.10. The van der Waals surface area contributed by atoms with Crippen LogP contribution < -0.4 is 4.90 Å². The Morgan fingerprint density at radius 2 is 2.11 bits per heavy atom. The van der Waals surface area contributed by atoms with Gasteiger partial charge in [-0.25, -0.2) is 0 Å². The number of aliphatic hydroxyl groups is 1. The predicted octanol–water partition coefficient (Wildman–Crippen LogP) is 2.99. The third-order valence-corrected chi connectivity index (χ3v) is 3.75. The smallest absolute Gasteiger partial charge is 0.281 e. The zero-order valence-electron chi connectivity index (χ0n) is 9.91. The van der Waals surface area contributed by atoms with Crippen molar-refractivity contribution in [1.82, 2.24) is 0 Å². The average molecular weight is 259 g/mol. The number of ether oxygens (including phenoxy) is 1. The maximum Gasteiger partial charge on any atom is 0.281 e. The summed E-state index contributed by atoms with van der Waals surface area (Å²) < 4.78 is 5.55. The van der Waals surface area contributed by atoms with Crippen LogP contribution in [0, 0.1) is 0 Å². The van der Waals surface area contributed by atoms with Crippen molar-refractivity contribution in [1.29, 1.82) is 0 Å². The minimum Gasteiger partial charge on any atom is -0.446 e. The second-order valence-corrected chi connectivity index (χ2v) is 5.08. The molecule has 0 amide bonds. The summed E-state index contributed by atoms with van der Waals surface area (Å²) in [5.74, 6) is 0.707. The lowest BCUT2D eigenvalue weighted by atomic mass is 10.1. The van der Waals surface area contributed by atoms with Gasteiger partial charge in [0.1, 0.15) is 5.76 Å². The SMILES string of the molecule is CN1c2ccccc2/C(=C/c2cccs2)OC1O. The topological polar surface area (TPSA) is 32.7 Å². The summed E-state index contributed by atoms with van der Waals surface area (Å²) in [5, 5.41) is 11.9. The van der Waals surface area contributed by atoms with Gasteiger partial charge in [0, 0.05) is 17.5 Å². The summed E-state index contributed by atoms with van der Waals surface area (Å²) in [4.78, 5) is 2.82. The Kier molecular flexibility index (Phi) is 2.81. The predicted molar refractivity (Wildman–Crippen MR) is 74.1 cm³/mol. The molecule has 0 saturated heterocycles. The number of thiophene rings is 1. The van der Waals surface area contributed by atoms with Gasteiger partial charge in [-0.15, -0.1) is 11.3 Å². The largest absolute Gasteiger partial charge is 0.446 e. The van der Waals surface area contributed by atoms with E-state index in [2.05, 4.69) is 0 Å². The Balaban J connectivity index is 2.09. The van der Waals surface area contributed by atoms with Crippen LogP contribution in [0.25, 0.3) is 11.8 Å². The van der Waals surface area contributed by atoms with E-state index in [4.69, 9.17) is 4.74 Å². The minimum absolute atomic E-state index is 0.707. The van der Waals surface area contributed by atoms with Crippen molar-refractivity contribution in [3.05, 3.63) is 52.2 Å². The van der Waals surface area contributed by atoms with Crippen LogP contribution in [0.5, 0.6) is 0 Å². The molecular weight excluding hydrogens is 246 g/mol. The van der Waals surface area contributed by atoms with Gasteiger partial charge in [0.25, 0.3) is 6.41 Å². The zero-order valence-corrected chi connectivity index (χ0v) is 10.7. The molecule has 0 fully saturated rings. The quantitative estimate of drug-likeness (QED) is 0.854. The number of nitrogens with zero attached hydrogens (tertiary/aromatic N) is 1. The molecular formula is C14H13NO2S. The third kappa shape index (κ3) is 1.89. The first-order valence-electron chi connectivity index (χ1n) is 5.68. The van der Waals surface area contributed by atoms with Crippen molar-refractivity contribution < 1.29 is 9.84 Å². The highest BCUT2D eigenvalue weighted by Gasteiger charge is 2.25. The van der Waals surface area contributed by atoms with Crippen LogP contribution in [0.2, 0.25) is 0 Å². The minimum atomic E-state index is -0.939. The maximum absolute atomic E-state index is 9.89. The Hall–Kier alpha value is -1.78. The lowest BCUT2D eigenvalue weighted by Crippen LogP contribution is -2.37. The van der Waals surface area contributed by atoms with E-state index < -0.39 is 6.41 Å². The average Bonchev–Trinajstić information content (AvgIpc) is 2.89. The summed E-state index contributed by atoms with van der Waals surface area (Å²) in [6.45, 7) is 0. The summed E-state index contributed by atoms with van der Waals surface area (Å²) in [6, 6.07) is 11.9. The van der Waals surface area contributed by atoms with Crippen molar-refractivity contribution >= 4 is 28.9 Å². The first-order valence-corrected chi connectivity index (χ1v) is 6.56. The van der Waals surface area contributed by atoms with Crippen LogP contribution in [0.15, 0.2) is 41.8 Å². The molecule has 18 heavy (non-hydrogen) atoms. The molecule has 0 saturated carbocycles. The van der Waals surface area contributed by atoms with Gasteiger partial charge >= 0.3 is 0 Å². The molecule has 1 unspecified atom stereocenters. The van der Waals surface area contributed by atoms with E-state index in [1.54, 1.807) is 16.2 Å². The number of para-hydroxylation sites is 1. The van der Waals surface area contributed by atoms with Gasteiger partial charge in [0.2, 0.25) is 0 Å². The van der Waals surface area contributed by atoms with Crippen molar-refractivity contribution in [2.75, 3.05) is 11.9 Å². The fourth-order valence-electron chi connectivity index (χ4n) is 1.98. The molecule has 3 nitrogen and oxygen atoms in total. The molecule has 0 spiro atoms. The normalized spacial score (nSPS) is 20.7. The Morgan fingerprint density at radius 3 is 2.89 bits per heavy atom. The Morgan fingerprint density at radius 1 is 1.28 bits per heavy atom. The fourth-order valence-corrected chi connectivity index (χ4v) is 2.63. The molecule has 1 aliphatic heterocycles. The summed E-state index contributed by atoms with van der Waals surface area (Å²) in [7, 11) is 1.81. The van der Waals surface area contributed by atoms with Crippen LogP contribution in [0.1, 0.15) is 10.4 Å². The third-order valence-electron chi connectivity index (χ3n) is 2.93. The van der Waals surface area contributed by atoms with E-state index in [0.717, 1.165) is 16.1 Å². The number of fused-ring (bicyclic) bond motifs is 1. The maximum atomic E-state index is 9.89. The van der Waals surface area contributed by atoms with Crippen molar-refractivity contribution in [3.8, 4) is 0 Å². The molecule has 1 aromatic carbocycles. The molecule has 0 bridgehead atoms. The molecule has 0 aliphatic carbocycles. The number of anilines is 1. The first kappa shape index (κ1) is 11.3. The number of hydrogen-bond donors (Lipinski definition) is 1. The molecule has 1 atom stereocenters. The van der Waals surface area contributed by atoms with Crippen molar-refractivity contribution in [2.24, 2.45) is 0 Å². The number of aliphatic hydroxyl groups excluding tert-OH is 1. The molecule has 2 heterocycles. The van der Waals surface area contributed by atoms with E-state index in [0.29, 0.717) is 5.76 Å². The van der Waals surface area contributed by atoms with Crippen LogP contribution >= 0.6 is 11.3 Å². The molecule has 1 N–H and O–H groups in total. The van der Waals surface area contributed by atoms with Crippen LogP contribution in [0.3, 0.4) is 0 Å². The van der Waals surface area contributed by atoms with Gasteiger partial charge < -0.3 is 14.7 Å². The van der Waals surface area contributed by atoms with Crippen LogP contribution in [-0.4, -0.2) is 18.6 Å². The standard InChI is InChI=1S/C14H13NO2S/c1-15-12-7-3-2-6-11(12)13(17-14(15)16)9-10-5-4-8-18-10/h2-9,14,16H,1H3/b13-9-. The highest BCUT2D eigenvalue weighted by Crippen LogP contribution is 2.35. The summed E-state index contributed by atoms with van der Waals surface area (Å²) in [6.07, 6.45) is 1.02. The second kappa shape index (κ2) is 4.48. The number of rotatable bonds is 1. The van der Waals surface area contributed by atoms with E-state index in [-0.39, 0.29) is 0 Å².